The number of hydrogen-bond donors (Lipinski definition) is 1. The van der Waals surface area contributed by atoms with E-state index in [1.807, 2.05) is 50.2 Å². The third-order valence-electron chi connectivity index (χ3n) is 6.23. The molecule has 3 aromatic rings. The van der Waals surface area contributed by atoms with Crippen LogP contribution < -0.4 is 4.90 Å². The van der Waals surface area contributed by atoms with E-state index in [-0.39, 0.29) is 12.2 Å². The minimum absolute atomic E-state index is 0.261. The maximum Gasteiger partial charge on any atom is 0.264 e. The molecule has 0 bridgehead atoms. The molecule has 32 heavy (non-hydrogen) atoms. The molecular formula is C27H26BrNO3. The SMILES string of the molecule is CCc1ccc(C(=O)C[C@@]2(O)C(=O)N(Cc3cc(C)ccc3C)c3ccc(Br)cc32)cc1. The van der Waals surface area contributed by atoms with E-state index in [1.54, 1.807) is 23.1 Å². The molecule has 0 saturated carbocycles. The molecule has 0 fully saturated rings. The lowest BCUT2D eigenvalue weighted by Gasteiger charge is -2.23. The van der Waals surface area contributed by atoms with E-state index in [0.29, 0.717) is 23.4 Å². The molecule has 164 valence electrons. The van der Waals surface area contributed by atoms with Crippen LogP contribution in [-0.4, -0.2) is 16.8 Å². The molecule has 4 nitrogen and oxygen atoms in total. The Labute approximate surface area is 197 Å². The van der Waals surface area contributed by atoms with Crippen molar-refractivity contribution in [1.82, 2.24) is 0 Å². The predicted molar refractivity (Wildman–Crippen MR) is 130 cm³/mol. The van der Waals surface area contributed by atoms with Crippen LogP contribution in [0.5, 0.6) is 0 Å². The number of ketones is 1. The van der Waals surface area contributed by atoms with Gasteiger partial charge in [-0.2, -0.15) is 0 Å². The molecule has 0 radical (unpaired) electrons. The summed E-state index contributed by atoms with van der Waals surface area (Å²) in [4.78, 5) is 28.2. The zero-order valence-electron chi connectivity index (χ0n) is 18.5. The summed E-state index contributed by atoms with van der Waals surface area (Å²) >= 11 is 3.45. The molecular weight excluding hydrogens is 466 g/mol. The molecule has 0 aromatic heterocycles. The van der Waals surface area contributed by atoms with E-state index in [2.05, 4.69) is 28.9 Å². The quantitative estimate of drug-likeness (QED) is 0.454. The third kappa shape index (κ3) is 4.03. The topological polar surface area (TPSA) is 57.6 Å². The highest BCUT2D eigenvalue weighted by atomic mass is 79.9. The Morgan fingerprint density at radius 3 is 2.44 bits per heavy atom. The lowest BCUT2D eigenvalue weighted by Crippen LogP contribution is -2.41. The van der Waals surface area contributed by atoms with Crippen molar-refractivity contribution in [1.29, 1.82) is 0 Å². The molecule has 1 N–H and O–H groups in total. The molecule has 1 aliphatic heterocycles. The monoisotopic (exact) mass is 491 g/mol. The molecule has 0 unspecified atom stereocenters. The highest BCUT2D eigenvalue weighted by Crippen LogP contribution is 2.45. The van der Waals surface area contributed by atoms with Gasteiger partial charge in [0.2, 0.25) is 0 Å². The molecule has 1 atom stereocenters. The first-order valence-corrected chi connectivity index (χ1v) is 11.5. The largest absolute Gasteiger partial charge is 0.375 e. The normalized spacial score (nSPS) is 17.5. The van der Waals surface area contributed by atoms with Crippen molar-refractivity contribution in [3.8, 4) is 0 Å². The summed E-state index contributed by atoms with van der Waals surface area (Å²) in [5.41, 5.74) is 4.00. The van der Waals surface area contributed by atoms with Gasteiger partial charge in [0.15, 0.2) is 11.4 Å². The van der Waals surface area contributed by atoms with Crippen molar-refractivity contribution in [3.05, 3.63) is 98.5 Å². The second-order valence-electron chi connectivity index (χ2n) is 8.49. The molecule has 0 saturated heterocycles. The van der Waals surface area contributed by atoms with Gasteiger partial charge in [-0.1, -0.05) is 70.9 Å². The average Bonchev–Trinajstić information content (AvgIpc) is 2.97. The van der Waals surface area contributed by atoms with Gasteiger partial charge in [-0.3, -0.25) is 9.59 Å². The van der Waals surface area contributed by atoms with Crippen LogP contribution in [0, 0.1) is 13.8 Å². The van der Waals surface area contributed by atoms with Gasteiger partial charge in [0.1, 0.15) is 0 Å². The highest BCUT2D eigenvalue weighted by molar-refractivity contribution is 9.10. The minimum atomic E-state index is -1.91. The molecule has 1 amide bonds. The van der Waals surface area contributed by atoms with Crippen LogP contribution in [0.3, 0.4) is 0 Å². The van der Waals surface area contributed by atoms with Crippen molar-refractivity contribution in [2.75, 3.05) is 4.90 Å². The van der Waals surface area contributed by atoms with E-state index in [9.17, 15) is 14.7 Å². The van der Waals surface area contributed by atoms with Crippen LogP contribution in [0.4, 0.5) is 5.69 Å². The summed E-state index contributed by atoms with van der Waals surface area (Å²) in [6.07, 6.45) is 0.579. The summed E-state index contributed by atoms with van der Waals surface area (Å²) in [6.45, 7) is 6.41. The average molecular weight is 492 g/mol. The number of aryl methyl sites for hydroxylation is 3. The number of anilines is 1. The van der Waals surface area contributed by atoms with Crippen LogP contribution in [-0.2, 0) is 23.4 Å². The minimum Gasteiger partial charge on any atom is -0.375 e. The molecule has 3 aromatic carbocycles. The maximum absolute atomic E-state index is 13.6. The Hall–Kier alpha value is -2.76. The second-order valence-corrected chi connectivity index (χ2v) is 9.41. The van der Waals surface area contributed by atoms with Gasteiger partial charge < -0.3 is 10.0 Å². The van der Waals surface area contributed by atoms with Gasteiger partial charge in [-0.05, 0) is 55.2 Å². The van der Waals surface area contributed by atoms with Crippen molar-refractivity contribution in [3.63, 3.8) is 0 Å². The number of aliphatic hydroxyl groups is 1. The Kier molecular flexibility index (Phi) is 6.06. The first-order valence-electron chi connectivity index (χ1n) is 10.8. The van der Waals surface area contributed by atoms with Crippen LogP contribution >= 0.6 is 15.9 Å². The third-order valence-corrected chi connectivity index (χ3v) is 6.72. The number of halogens is 1. The fraction of sp³-hybridized carbons (Fsp3) is 0.259. The maximum atomic E-state index is 13.6. The number of rotatable bonds is 6. The number of carbonyl (C=O) groups excluding carboxylic acids is 2. The predicted octanol–water partition coefficient (Wildman–Crippen LogP) is 5.64. The lowest BCUT2D eigenvalue weighted by molar-refractivity contribution is -0.136. The summed E-state index contributed by atoms with van der Waals surface area (Å²) in [7, 11) is 0. The van der Waals surface area contributed by atoms with Gasteiger partial charge in [0, 0.05) is 15.6 Å². The van der Waals surface area contributed by atoms with E-state index in [1.165, 1.54) is 0 Å². The van der Waals surface area contributed by atoms with E-state index in [0.717, 1.165) is 33.1 Å². The smallest absolute Gasteiger partial charge is 0.264 e. The second kappa shape index (κ2) is 8.64. The van der Waals surface area contributed by atoms with E-state index in [4.69, 9.17) is 0 Å². The van der Waals surface area contributed by atoms with Crippen LogP contribution in [0.15, 0.2) is 65.1 Å². The molecule has 1 heterocycles. The first kappa shape index (κ1) is 22.4. The summed E-state index contributed by atoms with van der Waals surface area (Å²) in [5.74, 6) is -0.729. The van der Waals surface area contributed by atoms with Gasteiger partial charge in [0.05, 0.1) is 18.7 Å². The fourth-order valence-electron chi connectivity index (χ4n) is 4.25. The van der Waals surface area contributed by atoms with Gasteiger partial charge in [0.25, 0.3) is 5.91 Å². The molecule has 0 spiro atoms. The fourth-order valence-corrected chi connectivity index (χ4v) is 4.61. The standard InChI is InChI=1S/C27H26BrNO3/c1-4-19-7-9-20(10-8-19)25(30)15-27(32)23-14-22(28)11-12-24(23)29(26(27)31)16-21-13-17(2)5-6-18(21)3/h5-14,32H,4,15-16H2,1-3H3/t27-/m0/s1. The zero-order chi connectivity index (χ0) is 23.0. The van der Waals surface area contributed by atoms with Crippen molar-refractivity contribution in [2.24, 2.45) is 0 Å². The number of carbonyl (C=O) groups is 2. The Morgan fingerprint density at radius 2 is 1.75 bits per heavy atom. The Balaban J connectivity index is 1.70. The summed E-state index contributed by atoms with van der Waals surface area (Å²) in [6, 6.07) is 18.9. The Bertz CT molecular complexity index is 1200. The van der Waals surface area contributed by atoms with Crippen LogP contribution in [0.25, 0.3) is 0 Å². The van der Waals surface area contributed by atoms with Crippen LogP contribution in [0.1, 0.15) is 51.5 Å². The molecule has 0 aliphatic carbocycles. The number of benzene rings is 3. The van der Waals surface area contributed by atoms with Crippen LogP contribution in [0.2, 0.25) is 0 Å². The Morgan fingerprint density at radius 1 is 1.03 bits per heavy atom. The van der Waals surface area contributed by atoms with Crippen molar-refractivity contribution in [2.45, 2.75) is 45.8 Å². The number of Topliss-reactive ketones (excluding diaryl/α,β-unsaturated/α-hetero) is 1. The van der Waals surface area contributed by atoms with E-state index < -0.39 is 11.5 Å². The highest BCUT2D eigenvalue weighted by Gasteiger charge is 2.51. The lowest BCUT2D eigenvalue weighted by atomic mass is 9.88. The number of amides is 1. The number of nitrogens with zero attached hydrogens (tertiary/aromatic N) is 1. The van der Waals surface area contributed by atoms with Gasteiger partial charge in [-0.25, -0.2) is 0 Å². The number of hydrogen-bond acceptors (Lipinski definition) is 3. The summed E-state index contributed by atoms with van der Waals surface area (Å²) < 4.78 is 0.746. The zero-order valence-corrected chi connectivity index (χ0v) is 20.1. The first-order chi connectivity index (χ1) is 15.2. The van der Waals surface area contributed by atoms with Crippen molar-refractivity contribution >= 4 is 33.3 Å². The molecule has 1 aliphatic rings. The molecule has 4 rings (SSSR count). The van der Waals surface area contributed by atoms with E-state index >= 15 is 0 Å². The van der Waals surface area contributed by atoms with Gasteiger partial charge in [-0.15, -0.1) is 0 Å². The summed E-state index contributed by atoms with van der Waals surface area (Å²) in [5, 5.41) is 11.6. The number of fused-ring (bicyclic) bond motifs is 1. The molecule has 5 heteroatoms. The van der Waals surface area contributed by atoms with Gasteiger partial charge >= 0.3 is 0 Å². The van der Waals surface area contributed by atoms with Crippen molar-refractivity contribution < 1.29 is 14.7 Å².